The molecule has 0 bridgehead atoms. The topological polar surface area (TPSA) is 39.7 Å². The van der Waals surface area contributed by atoms with Gasteiger partial charge in [-0.1, -0.05) is 6.92 Å². The predicted octanol–water partition coefficient (Wildman–Crippen LogP) is 3.25. The van der Waals surface area contributed by atoms with Crippen LogP contribution in [0.25, 0.3) is 0 Å². The van der Waals surface area contributed by atoms with E-state index in [2.05, 4.69) is 5.32 Å². The highest BCUT2D eigenvalue weighted by molar-refractivity contribution is 5.51. The molecule has 21 heavy (non-hydrogen) atoms. The summed E-state index contributed by atoms with van der Waals surface area (Å²) in [6.07, 6.45) is -5.07. The molecule has 1 aromatic rings. The van der Waals surface area contributed by atoms with Crippen LogP contribution in [-0.4, -0.2) is 26.1 Å². The summed E-state index contributed by atoms with van der Waals surface area (Å²) in [5.41, 5.74) is 0.841. The third-order valence-corrected chi connectivity index (χ3v) is 2.98. The second-order valence-corrected chi connectivity index (χ2v) is 4.66. The fourth-order valence-electron chi connectivity index (χ4n) is 1.95. The van der Waals surface area contributed by atoms with Crippen molar-refractivity contribution in [2.24, 2.45) is 0 Å². The standard InChI is InChI=1S/C14H18F3NO3/c1-2-18-8-10-6-12-13(21-9-20-12)7-11(10)19-5-3-4-14(15,16)17/h6-7,18H,2-5,8-9H2,1H3. The zero-order valence-electron chi connectivity index (χ0n) is 11.8. The van der Waals surface area contributed by atoms with Gasteiger partial charge in [-0.15, -0.1) is 0 Å². The van der Waals surface area contributed by atoms with Crippen molar-refractivity contribution in [2.75, 3.05) is 19.9 Å². The van der Waals surface area contributed by atoms with Gasteiger partial charge in [0.25, 0.3) is 0 Å². The molecule has 0 amide bonds. The number of rotatable bonds is 7. The number of fused-ring (bicyclic) bond motifs is 1. The first kappa shape index (κ1) is 15.8. The van der Waals surface area contributed by atoms with Gasteiger partial charge in [0, 0.05) is 24.6 Å². The highest BCUT2D eigenvalue weighted by atomic mass is 19.4. The molecule has 2 rings (SSSR count). The number of nitrogens with one attached hydrogen (secondary N) is 1. The van der Waals surface area contributed by atoms with Crippen LogP contribution in [0.4, 0.5) is 13.2 Å². The van der Waals surface area contributed by atoms with E-state index in [0.717, 1.165) is 12.1 Å². The molecular formula is C14H18F3NO3. The molecule has 1 N–H and O–H groups in total. The average molecular weight is 305 g/mol. The predicted molar refractivity (Wildman–Crippen MR) is 70.7 cm³/mol. The van der Waals surface area contributed by atoms with Crippen LogP contribution in [-0.2, 0) is 6.54 Å². The van der Waals surface area contributed by atoms with Gasteiger partial charge in [0.15, 0.2) is 11.5 Å². The van der Waals surface area contributed by atoms with E-state index in [1.54, 1.807) is 12.1 Å². The molecule has 7 heteroatoms. The van der Waals surface area contributed by atoms with Crippen molar-refractivity contribution >= 4 is 0 Å². The van der Waals surface area contributed by atoms with E-state index in [0.29, 0.717) is 23.8 Å². The Bertz CT molecular complexity index is 477. The number of benzene rings is 1. The normalized spacial score (nSPS) is 13.5. The Labute approximate surface area is 121 Å². The summed E-state index contributed by atoms with van der Waals surface area (Å²) in [5, 5.41) is 3.15. The zero-order chi connectivity index (χ0) is 15.3. The van der Waals surface area contributed by atoms with E-state index in [4.69, 9.17) is 14.2 Å². The summed E-state index contributed by atoms with van der Waals surface area (Å²) in [6, 6.07) is 3.46. The molecule has 1 heterocycles. The van der Waals surface area contributed by atoms with Crippen molar-refractivity contribution in [1.29, 1.82) is 0 Å². The first-order valence-electron chi connectivity index (χ1n) is 6.82. The average Bonchev–Trinajstić information content (AvgIpc) is 2.86. The maximum Gasteiger partial charge on any atom is 0.389 e. The third kappa shape index (κ3) is 4.70. The molecule has 1 aliphatic rings. The Morgan fingerprint density at radius 3 is 2.62 bits per heavy atom. The Hall–Kier alpha value is -1.63. The van der Waals surface area contributed by atoms with Crippen molar-refractivity contribution in [3.05, 3.63) is 17.7 Å². The number of halogens is 3. The summed E-state index contributed by atoms with van der Waals surface area (Å²) < 4.78 is 52.3. The molecule has 1 aromatic carbocycles. The van der Waals surface area contributed by atoms with Crippen LogP contribution >= 0.6 is 0 Å². The van der Waals surface area contributed by atoms with Gasteiger partial charge in [-0.25, -0.2) is 0 Å². The molecule has 0 spiro atoms. The maximum atomic E-state index is 12.1. The van der Waals surface area contributed by atoms with Crippen LogP contribution in [0.3, 0.4) is 0 Å². The second-order valence-electron chi connectivity index (χ2n) is 4.66. The zero-order valence-corrected chi connectivity index (χ0v) is 11.8. The van der Waals surface area contributed by atoms with Crippen LogP contribution in [0.15, 0.2) is 12.1 Å². The van der Waals surface area contributed by atoms with E-state index in [1.165, 1.54) is 0 Å². The lowest BCUT2D eigenvalue weighted by molar-refractivity contribution is -0.136. The Morgan fingerprint density at radius 1 is 1.24 bits per heavy atom. The van der Waals surface area contributed by atoms with Crippen molar-refractivity contribution < 1.29 is 27.4 Å². The van der Waals surface area contributed by atoms with Crippen LogP contribution in [0.1, 0.15) is 25.3 Å². The highest BCUT2D eigenvalue weighted by Crippen LogP contribution is 2.38. The number of hydrogen-bond donors (Lipinski definition) is 1. The minimum Gasteiger partial charge on any atom is -0.493 e. The molecule has 0 radical (unpaired) electrons. The van der Waals surface area contributed by atoms with Crippen molar-refractivity contribution in [1.82, 2.24) is 5.32 Å². The summed E-state index contributed by atoms with van der Waals surface area (Å²) >= 11 is 0. The number of alkyl halides is 3. The van der Waals surface area contributed by atoms with Crippen molar-refractivity contribution in [3.8, 4) is 17.2 Å². The molecule has 0 fully saturated rings. The smallest absolute Gasteiger partial charge is 0.389 e. The highest BCUT2D eigenvalue weighted by Gasteiger charge is 2.26. The molecule has 1 aliphatic heterocycles. The fourth-order valence-corrected chi connectivity index (χ4v) is 1.95. The van der Waals surface area contributed by atoms with Gasteiger partial charge in [0.2, 0.25) is 6.79 Å². The second kappa shape index (κ2) is 6.89. The lowest BCUT2D eigenvalue weighted by atomic mass is 10.1. The van der Waals surface area contributed by atoms with Crippen LogP contribution in [0.5, 0.6) is 17.2 Å². The van der Waals surface area contributed by atoms with Crippen molar-refractivity contribution in [2.45, 2.75) is 32.5 Å². The van der Waals surface area contributed by atoms with E-state index < -0.39 is 12.6 Å². The minimum absolute atomic E-state index is 0.0122. The van der Waals surface area contributed by atoms with E-state index in [1.807, 2.05) is 6.92 Å². The fraction of sp³-hybridized carbons (Fsp3) is 0.571. The summed E-state index contributed by atoms with van der Waals surface area (Å²) in [5.74, 6) is 1.72. The van der Waals surface area contributed by atoms with Gasteiger partial charge >= 0.3 is 6.18 Å². The lowest BCUT2D eigenvalue weighted by Gasteiger charge is -2.13. The first-order valence-corrected chi connectivity index (χ1v) is 6.82. The molecular weight excluding hydrogens is 287 g/mol. The third-order valence-electron chi connectivity index (χ3n) is 2.98. The first-order chi connectivity index (χ1) is 9.99. The van der Waals surface area contributed by atoms with Gasteiger partial charge in [-0.3, -0.25) is 0 Å². The van der Waals surface area contributed by atoms with E-state index in [9.17, 15) is 13.2 Å². The molecule has 4 nitrogen and oxygen atoms in total. The maximum absolute atomic E-state index is 12.1. The molecule has 0 saturated heterocycles. The van der Waals surface area contributed by atoms with Crippen LogP contribution in [0, 0.1) is 0 Å². The molecule has 0 unspecified atom stereocenters. The monoisotopic (exact) mass is 305 g/mol. The van der Waals surface area contributed by atoms with E-state index in [-0.39, 0.29) is 19.8 Å². The molecule has 0 aliphatic carbocycles. The Kier molecular flexibility index (Phi) is 5.17. The quantitative estimate of drug-likeness (QED) is 0.785. The Morgan fingerprint density at radius 2 is 1.95 bits per heavy atom. The lowest BCUT2D eigenvalue weighted by Crippen LogP contribution is -2.14. The van der Waals surface area contributed by atoms with Gasteiger partial charge in [-0.2, -0.15) is 13.2 Å². The van der Waals surface area contributed by atoms with Crippen molar-refractivity contribution in [3.63, 3.8) is 0 Å². The van der Waals surface area contributed by atoms with Gasteiger partial charge in [0.05, 0.1) is 6.61 Å². The largest absolute Gasteiger partial charge is 0.493 e. The van der Waals surface area contributed by atoms with Gasteiger partial charge in [0.1, 0.15) is 5.75 Å². The molecule has 0 atom stereocenters. The minimum atomic E-state index is -4.15. The molecule has 0 saturated carbocycles. The molecule has 118 valence electrons. The summed E-state index contributed by atoms with van der Waals surface area (Å²) in [7, 11) is 0. The van der Waals surface area contributed by atoms with Crippen LogP contribution in [0.2, 0.25) is 0 Å². The molecule has 0 aromatic heterocycles. The van der Waals surface area contributed by atoms with Crippen LogP contribution < -0.4 is 19.5 Å². The van der Waals surface area contributed by atoms with Gasteiger partial charge < -0.3 is 19.5 Å². The summed E-state index contributed by atoms with van der Waals surface area (Å²) in [6.45, 7) is 3.46. The summed E-state index contributed by atoms with van der Waals surface area (Å²) in [4.78, 5) is 0. The van der Waals surface area contributed by atoms with Gasteiger partial charge in [-0.05, 0) is 19.0 Å². The SMILES string of the molecule is CCNCc1cc2c(cc1OCCCC(F)(F)F)OCO2. The Balaban J connectivity index is 1.99. The van der Waals surface area contributed by atoms with E-state index >= 15 is 0 Å². The number of hydrogen-bond acceptors (Lipinski definition) is 4. The number of ether oxygens (including phenoxy) is 3.